The standard InChI is InChI=1S/C28H31NO14/c1-12(30)25(37)42-17(26(38)41-16(24(35)36)10-19(32)33)11-20(34)40-15-5-6-28(39)18-9-13-3-4-14(31)22-21(13)27(28,23(15)43-22)7-8-29(18)2/h3-5,12,16-18,23,30-31,39H,6-11H2,1-2H3,(H,32,33)(H,35,36)/t12?,16?,17?,18-,23+,27+,28-/m1/s1. The lowest BCUT2D eigenvalue weighted by molar-refractivity contribution is -0.184. The van der Waals surface area contributed by atoms with E-state index in [4.69, 9.17) is 24.1 Å². The molecule has 43 heavy (non-hydrogen) atoms. The molecule has 5 N–H and O–H groups in total. The molecule has 3 unspecified atom stereocenters. The van der Waals surface area contributed by atoms with Gasteiger partial charge in [-0.2, -0.15) is 0 Å². The van der Waals surface area contributed by atoms with Crippen LogP contribution in [-0.2, 0) is 50.0 Å². The minimum absolute atomic E-state index is 0.00955. The van der Waals surface area contributed by atoms with E-state index >= 15 is 0 Å². The lowest BCUT2D eigenvalue weighted by Crippen LogP contribution is -2.74. The summed E-state index contributed by atoms with van der Waals surface area (Å²) >= 11 is 0. The Hall–Kier alpha value is -4.21. The molecule has 7 atom stereocenters. The first-order chi connectivity index (χ1) is 20.2. The third-order valence-electron chi connectivity index (χ3n) is 8.69. The number of carbonyl (C=O) groups excluding carboxylic acids is 3. The van der Waals surface area contributed by atoms with Crippen LogP contribution in [-0.4, -0.2) is 110 Å². The first-order valence-electron chi connectivity index (χ1n) is 13.6. The molecule has 15 nitrogen and oxygen atoms in total. The summed E-state index contributed by atoms with van der Waals surface area (Å²) in [5.41, 5.74) is -0.872. The Bertz CT molecular complexity index is 1420. The van der Waals surface area contributed by atoms with Crippen LogP contribution in [0.5, 0.6) is 11.5 Å². The molecule has 2 heterocycles. The second kappa shape index (κ2) is 10.8. The second-order valence-corrected chi connectivity index (χ2v) is 11.2. The molecule has 0 saturated carbocycles. The number of aliphatic carboxylic acids is 2. The highest BCUT2D eigenvalue weighted by molar-refractivity contribution is 5.88. The maximum Gasteiger partial charge on any atom is 0.348 e. The number of piperidine rings is 1. The molecular weight excluding hydrogens is 574 g/mol. The van der Waals surface area contributed by atoms with Gasteiger partial charge in [-0.05, 0) is 51.1 Å². The van der Waals surface area contributed by atoms with Crippen LogP contribution >= 0.6 is 0 Å². The van der Waals surface area contributed by atoms with Gasteiger partial charge in [-0.15, -0.1) is 0 Å². The van der Waals surface area contributed by atoms with Crippen molar-refractivity contribution in [2.45, 2.75) is 80.5 Å². The highest BCUT2D eigenvalue weighted by Crippen LogP contribution is 2.65. The zero-order chi connectivity index (χ0) is 31.4. The number of aromatic hydroxyl groups is 1. The van der Waals surface area contributed by atoms with Gasteiger partial charge in [-0.1, -0.05) is 6.07 Å². The molecule has 0 amide bonds. The van der Waals surface area contributed by atoms with E-state index in [0.29, 0.717) is 24.9 Å². The number of aliphatic hydroxyl groups excluding tert-OH is 1. The van der Waals surface area contributed by atoms with Crippen molar-refractivity contribution in [2.24, 2.45) is 0 Å². The number of carboxylic acid groups (broad SMARTS) is 2. The van der Waals surface area contributed by atoms with Gasteiger partial charge in [0.1, 0.15) is 11.9 Å². The van der Waals surface area contributed by atoms with Crippen LogP contribution in [0.3, 0.4) is 0 Å². The van der Waals surface area contributed by atoms with Gasteiger partial charge in [-0.25, -0.2) is 14.4 Å². The number of nitrogens with zero attached hydrogens (tertiary/aromatic N) is 1. The van der Waals surface area contributed by atoms with Crippen molar-refractivity contribution in [2.75, 3.05) is 13.6 Å². The lowest BCUT2D eigenvalue weighted by Gasteiger charge is -2.61. The third kappa shape index (κ3) is 4.86. The van der Waals surface area contributed by atoms with Crippen LogP contribution in [0.1, 0.15) is 43.7 Å². The van der Waals surface area contributed by atoms with Crippen molar-refractivity contribution >= 4 is 29.8 Å². The Morgan fingerprint density at radius 2 is 1.79 bits per heavy atom. The Labute approximate surface area is 244 Å². The number of aliphatic hydroxyl groups is 2. The quantitative estimate of drug-likeness (QED) is 0.165. The molecule has 15 heteroatoms. The van der Waals surface area contributed by atoms with Crippen LogP contribution in [0.2, 0.25) is 0 Å². The van der Waals surface area contributed by atoms with Gasteiger partial charge in [0.05, 0.1) is 23.9 Å². The van der Waals surface area contributed by atoms with Crippen molar-refractivity contribution in [3.05, 3.63) is 35.1 Å². The van der Waals surface area contributed by atoms with Crippen LogP contribution in [0.15, 0.2) is 24.0 Å². The summed E-state index contributed by atoms with van der Waals surface area (Å²) in [5.74, 6) is -7.37. The van der Waals surface area contributed by atoms with Gasteiger partial charge >= 0.3 is 29.8 Å². The number of hydrogen-bond acceptors (Lipinski definition) is 13. The van der Waals surface area contributed by atoms with Gasteiger partial charge in [0.2, 0.25) is 12.2 Å². The monoisotopic (exact) mass is 605 g/mol. The molecule has 1 aromatic carbocycles. The fourth-order valence-electron chi connectivity index (χ4n) is 6.73. The zero-order valence-corrected chi connectivity index (χ0v) is 23.2. The van der Waals surface area contributed by atoms with Crippen molar-refractivity contribution in [1.29, 1.82) is 0 Å². The second-order valence-electron chi connectivity index (χ2n) is 11.2. The highest BCUT2D eigenvalue weighted by Gasteiger charge is 2.72. The minimum atomic E-state index is -2.15. The Morgan fingerprint density at radius 1 is 1.09 bits per heavy atom. The van der Waals surface area contributed by atoms with Gasteiger partial charge in [0.25, 0.3) is 0 Å². The Kier molecular flexibility index (Phi) is 7.61. The van der Waals surface area contributed by atoms with E-state index in [1.54, 1.807) is 6.07 Å². The lowest BCUT2D eigenvalue weighted by atomic mass is 9.50. The number of carboxylic acids is 2. The van der Waals surface area contributed by atoms with Crippen LogP contribution in [0.25, 0.3) is 0 Å². The maximum absolute atomic E-state index is 13.2. The summed E-state index contributed by atoms with van der Waals surface area (Å²) in [4.78, 5) is 62.4. The fraction of sp³-hybridized carbons (Fsp3) is 0.536. The molecule has 2 bridgehead atoms. The van der Waals surface area contributed by atoms with Crippen LogP contribution in [0.4, 0.5) is 0 Å². The summed E-state index contributed by atoms with van der Waals surface area (Å²) in [6, 6.07) is 2.98. The molecule has 0 aromatic heterocycles. The van der Waals surface area contributed by atoms with Crippen molar-refractivity contribution in [1.82, 2.24) is 4.90 Å². The van der Waals surface area contributed by atoms with E-state index in [-0.39, 0.29) is 29.7 Å². The van der Waals surface area contributed by atoms with Crippen molar-refractivity contribution < 1.29 is 68.5 Å². The SMILES string of the molecule is CC(O)C(=O)OC(CC(=O)OC1=CC[C@@]2(O)[C@H]3Cc4ccc(O)c5c4[C@@]2(CCN3C)[C@H]1O5)C(=O)OC(CC(=O)O)C(=O)O. The summed E-state index contributed by atoms with van der Waals surface area (Å²) in [6.07, 6.45) is -6.64. The van der Waals surface area contributed by atoms with E-state index in [1.165, 1.54) is 12.1 Å². The first-order valence-corrected chi connectivity index (χ1v) is 13.6. The average Bonchev–Trinajstić information content (AvgIpc) is 3.28. The number of phenolic OH excluding ortho intramolecular Hbond substituents is 1. The largest absolute Gasteiger partial charge is 0.504 e. The van der Waals surface area contributed by atoms with E-state index in [2.05, 4.69) is 4.90 Å². The zero-order valence-electron chi connectivity index (χ0n) is 23.2. The van der Waals surface area contributed by atoms with Gasteiger partial charge in [0.15, 0.2) is 17.6 Å². The number of likely N-dealkylation sites (N-methyl/N-ethyl adjacent to an activating group) is 1. The predicted molar refractivity (Wildman–Crippen MR) is 139 cm³/mol. The summed E-state index contributed by atoms with van der Waals surface area (Å²) in [6.45, 7) is 1.60. The molecule has 232 valence electrons. The molecule has 1 fully saturated rings. The molecule has 0 radical (unpaired) electrons. The number of carbonyl (C=O) groups is 5. The van der Waals surface area contributed by atoms with Gasteiger partial charge in [0, 0.05) is 18.0 Å². The normalized spacial score (nSPS) is 28.7. The molecule has 1 spiro atoms. The van der Waals surface area contributed by atoms with Crippen molar-refractivity contribution in [3.63, 3.8) is 0 Å². The van der Waals surface area contributed by atoms with Gasteiger partial charge < -0.3 is 49.4 Å². The topological polar surface area (TPSA) is 227 Å². The molecule has 2 aliphatic heterocycles. The number of phenols is 1. The third-order valence-corrected chi connectivity index (χ3v) is 8.69. The van der Waals surface area contributed by atoms with E-state index in [0.717, 1.165) is 12.5 Å². The molecular formula is C28H31NO14. The Morgan fingerprint density at radius 3 is 2.44 bits per heavy atom. The molecule has 1 aromatic rings. The molecule has 2 aliphatic carbocycles. The average molecular weight is 606 g/mol. The van der Waals surface area contributed by atoms with E-state index in [9.17, 15) is 44.4 Å². The summed E-state index contributed by atoms with van der Waals surface area (Å²) in [7, 11) is 1.91. The molecule has 1 saturated heterocycles. The summed E-state index contributed by atoms with van der Waals surface area (Å²) < 4.78 is 21.4. The maximum atomic E-state index is 13.2. The molecule has 4 aliphatic rings. The van der Waals surface area contributed by atoms with Crippen LogP contribution in [0, 0.1) is 0 Å². The minimum Gasteiger partial charge on any atom is -0.504 e. The van der Waals surface area contributed by atoms with Crippen molar-refractivity contribution in [3.8, 4) is 11.5 Å². The number of benzene rings is 1. The number of rotatable bonds is 10. The predicted octanol–water partition coefficient (Wildman–Crippen LogP) is -0.633. The fourth-order valence-corrected chi connectivity index (χ4v) is 6.73. The number of ether oxygens (including phenoxy) is 4. The molecule has 5 rings (SSSR count). The van der Waals surface area contributed by atoms with Crippen LogP contribution < -0.4 is 4.74 Å². The number of hydrogen-bond donors (Lipinski definition) is 5. The van der Waals surface area contributed by atoms with Gasteiger partial charge in [-0.3, -0.25) is 9.59 Å². The number of likely N-dealkylation sites (tertiary alicyclic amines) is 1. The summed E-state index contributed by atoms with van der Waals surface area (Å²) in [5, 5.41) is 50.5. The Balaban J connectivity index is 1.41. The highest BCUT2D eigenvalue weighted by atomic mass is 16.6. The van der Waals surface area contributed by atoms with E-state index in [1.807, 2.05) is 7.05 Å². The smallest absolute Gasteiger partial charge is 0.348 e. The number of esters is 3. The first kappa shape index (κ1) is 30.3. The van der Waals surface area contributed by atoms with E-state index < -0.39 is 78.1 Å².